The first kappa shape index (κ1) is 11.7. The van der Waals surface area contributed by atoms with Crippen LogP contribution >= 0.6 is 0 Å². The molecule has 0 bridgehead atoms. The molecule has 5 heteroatoms. The van der Waals surface area contributed by atoms with Gasteiger partial charge in [-0.3, -0.25) is 4.79 Å². The monoisotopic (exact) mass is 248 g/mol. The highest BCUT2D eigenvalue weighted by Gasteiger charge is 2.31. The van der Waals surface area contributed by atoms with E-state index < -0.39 is 0 Å². The third-order valence-electron chi connectivity index (χ3n) is 4.19. The van der Waals surface area contributed by atoms with Crippen molar-refractivity contribution < 1.29 is 4.79 Å². The molecular formula is C13H20N4O. The first-order valence-electron chi connectivity index (χ1n) is 6.91. The highest BCUT2D eigenvalue weighted by molar-refractivity contribution is 5.79. The number of carbonyl (C=O) groups is 1. The van der Waals surface area contributed by atoms with E-state index in [1.807, 2.05) is 0 Å². The molecule has 18 heavy (non-hydrogen) atoms. The van der Waals surface area contributed by atoms with Gasteiger partial charge in [-0.1, -0.05) is 6.92 Å². The van der Waals surface area contributed by atoms with Gasteiger partial charge in [-0.25, -0.2) is 0 Å². The van der Waals surface area contributed by atoms with E-state index in [1.165, 1.54) is 6.42 Å². The molecule has 2 atom stereocenters. The number of carbonyl (C=O) groups excluding carboxylic acids is 1. The first-order chi connectivity index (χ1) is 8.74. The molecule has 0 radical (unpaired) electrons. The maximum Gasteiger partial charge on any atom is 0.226 e. The summed E-state index contributed by atoms with van der Waals surface area (Å²) >= 11 is 0. The van der Waals surface area contributed by atoms with Crippen LogP contribution in [0.3, 0.4) is 0 Å². The zero-order valence-corrected chi connectivity index (χ0v) is 10.9. The van der Waals surface area contributed by atoms with Crippen molar-refractivity contribution in [3.05, 3.63) is 11.4 Å². The van der Waals surface area contributed by atoms with Crippen LogP contribution in [0.5, 0.6) is 0 Å². The molecule has 2 heterocycles. The summed E-state index contributed by atoms with van der Waals surface area (Å²) in [5.41, 5.74) is 2.04. The minimum absolute atomic E-state index is 0.118. The Morgan fingerprint density at radius 2 is 2.17 bits per heavy atom. The highest BCUT2D eigenvalue weighted by atomic mass is 16.2. The topological polar surface area (TPSA) is 61.9 Å². The van der Waals surface area contributed by atoms with Gasteiger partial charge in [0.2, 0.25) is 5.91 Å². The van der Waals surface area contributed by atoms with Crippen molar-refractivity contribution in [3.63, 3.8) is 0 Å². The maximum atomic E-state index is 12.5. The number of piperidine rings is 1. The third-order valence-corrected chi connectivity index (χ3v) is 4.19. The van der Waals surface area contributed by atoms with Crippen LogP contribution < -0.4 is 0 Å². The summed E-state index contributed by atoms with van der Waals surface area (Å²) in [6.45, 7) is 4.10. The van der Waals surface area contributed by atoms with Crippen LogP contribution in [-0.2, 0) is 17.6 Å². The molecule has 5 nitrogen and oxygen atoms in total. The van der Waals surface area contributed by atoms with E-state index in [-0.39, 0.29) is 5.92 Å². The van der Waals surface area contributed by atoms with Gasteiger partial charge in [0.25, 0.3) is 0 Å². The van der Waals surface area contributed by atoms with Gasteiger partial charge in [-0.2, -0.15) is 15.4 Å². The molecule has 1 saturated heterocycles. The van der Waals surface area contributed by atoms with Gasteiger partial charge in [0.15, 0.2) is 0 Å². The van der Waals surface area contributed by atoms with Crippen molar-refractivity contribution >= 4 is 5.91 Å². The van der Waals surface area contributed by atoms with Crippen molar-refractivity contribution in [1.29, 1.82) is 0 Å². The number of rotatable bonds is 1. The molecule has 2 unspecified atom stereocenters. The fourth-order valence-corrected chi connectivity index (χ4v) is 3.14. The van der Waals surface area contributed by atoms with Crippen LogP contribution in [0.2, 0.25) is 0 Å². The maximum absolute atomic E-state index is 12.5. The summed E-state index contributed by atoms with van der Waals surface area (Å²) in [7, 11) is 0. The molecule has 2 aliphatic rings. The molecule has 1 fully saturated rings. The standard InChI is InChI=1S/C13H20N4O/c1-9-3-2-6-17(8-9)13(18)10-4-5-11-12(7-10)15-16-14-11/h9-10H,2-8H2,1H3,(H,14,15,16). The minimum atomic E-state index is 0.118. The van der Waals surface area contributed by atoms with Crippen LogP contribution in [-0.4, -0.2) is 39.3 Å². The van der Waals surface area contributed by atoms with Gasteiger partial charge in [0.1, 0.15) is 0 Å². The molecule has 1 aliphatic heterocycles. The number of H-pyrrole nitrogens is 1. The fraction of sp³-hybridized carbons (Fsp3) is 0.769. The molecule has 1 amide bonds. The Hall–Kier alpha value is -1.39. The van der Waals surface area contributed by atoms with E-state index in [0.717, 1.165) is 50.2 Å². The van der Waals surface area contributed by atoms with Crippen molar-refractivity contribution in [2.24, 2.45) is 11.8 Å². The van der Waals surface area contributed by atoms with Crippen LogP contribution in [0.15, 0.2) is 0 Å². The average Bonchev–Trinajstić information content (AvgIpc) is 2.85. The number of hydrogen-bond donors (Lipinski definition) is 1. The minimum Gasteiger partial charge on any atom is -0.342 e. The Morgan fingerprint density at radius 1 is 1.33 bits per heavy atom. The smallest absolute Gasteiger partial charge is 0.226 e. The Morgan fingerprint density at radius 3 is 3.00 bits per heavy atom. The Balaban J connectivity index is 1.67. The number of aryl methyl sites for hydroxylation is 1. The molecular weight excluding hydrogens is 228 g/mol. The second kappa shape index (κ2) is 4.71. The summed E-state index contributed by atoms with van der Waals surface area (Å²) in [6, 6.07) is 0. The predicted octanol–water partition coefficient (Wildman–Crippen LogP) is 1.17. The van der Waals surface area contributed by atoms with E-state index in [2.05, 4.69) is 27.2 Å². The normalized spacial score (nSPS) is 27.9. The largest absolute Gasteiger partial charge is 0.342 e. The lowest BCUT2D eigenvalue weighted by molar-refractivity contribution is -0.137. The van der Waals surface area contributed by atoms with Gasteiger partial charge in [0, 0.05) is 25.4 Å². The van der Waals surface area contributed by atoms with Gasteiger partial charge in [-0.15, -0.1) is 0 Å². The quantitative estimate of drug-likeness (QED) is 0.811. The van der Waals surface area contributed by atoms with Crippen molar-refractivity contribution in [1.82, 2.24) is 20.3 Å². The summed E-state index contributed by atoms with van der Waals surface area (Å²) in [5.74, 6) is 1.09. The number of fused-ring (bicyclic) bond motifs is 1. The number of likely N-dealkylation sites (tertiary alicyclic amines) is 1. The lowest BCUT2D eigenvalue weighted by atomic mass is 9.88. The van der Waals surface area contributed by atoms with Crippen LogP contribution in [0, 0.1) is 11.8 Å². The molecule has 0 aromatic carbocycles. The third kappa shape index (κ3) is 2.13. The Bertz CT molecular complexity index is 442. The lowest BCUT2D eigenvalue weighted by Gasteiger charge is -2.34. The molecule has 1 aromatic heterocycles. The number of aromatic nitrogens is 3. The van der Waals surface area contributed by atoms with E-state index in [1.54, 1.807) is 0 Å². The van der Waals surface area contributed by atoms with Crippen LogP contribution in [0.25, 0.3) is 0 Å². The zero-order valence-electron chi connectivity index (χ0n) is 10.9. The molecule has 98 valence electrons. The van der Waals surface area contributed by atoms with Crippen molar-refractivity contribution in [3.8, 4) is 0 Å². The molecule has 1 aromatic rings. The van der Waals surface area contributed by atoms with Crippen LogP contribution in [0.4, 0.5) is 0 Å². The number of aromatic amines is 1. The van der Waals surface area contributed by atoms with Crippen LogP contribution in [0.1, 0.15) is 37.6 Å². The van der Waals surface area contributed by atoms with Gasteiger partial charge >= 0.3 is 0 Å². The molecule has 0 saturated carbocycles. The number of nitrogens with one attached hydrogen (secondary N) is 1. The summed E-state index contributed by atoms with van der Waals surface area (Å²) in [4.78, 5) is 14.6. The fourth-order valence-electron chi connectivity index (χ4n) is 3.14. The van der Waals surface area contributed by atoms with Crippen molar-refractivity contribution in [2.75, 3.05) is 13.1 Å². The SMILES string of the molecule is CC1CCCN(C(=O)C2CCc3n[nH]nc3C2)C1. The van der Waals surface area contributed by atoms with Gasteiger partial charge < -0.3 is 4.90 Å². The Kier molecular flexibility index (Phi) is 3.06. The second-order valence-corrected chi connectivity index (χ2v) is 5.69. The number of amides is 1. The lowest BCUT2D eigenvalue weighted by Crippen LogP contribution is -2.43. The number of nitrogens with zero attached hydrogens (tertiary/aromatic N) is 3. The predicted molar refractivity (Wildman–Crippen MR) is 66.9 cm³/mol. The zero-order chi connectivity index (χ0) is 12.5. The second-order valence-electron chi connectivity index (χ2n) is 5.69. The van der Waals surface area contributed by atoms with E-state index in [4.69, 9.17) is 0 Å². The molecule has 1 aliphatic carbocycles. The average molecular weight is 248 g/mol. The van der Waals surface area contributed by atoms with E-state index in [9.17, 15) is 4.79 Å². The number of hydrogen-bond acceptors (Lipinski definition) is 3. The van der Waals surface area contributed by atoms with E-state index >= 15 is 0 Å². The molecule has 3 rings (SSSR count). The summed E-state index contributed by atoms with van der Waals surface area (Å²) < 4.78 is 0. The summed E-state index contributed by atoms with van der Waals surface area (Å²) in [5, 5.41) is 10.9. The molecule has 1 N–H and O–H groups in total. The van der Waals surface area contributed by atoms with Gasteiger partial charge in [0.05, 0.1) is 11.4 Å². The van der Waals surface area contributed by atoms with Gasteiger partial charge in [-0.05, 0) is 31.6 Å². The van der Waals surface area contributed by atoms with Crippen molar-refractivity contribution in [2.45, 2.75) is 39.0 Å². The Labute approximate surface area is 107 Å². The van der Waals surface area contributed by atoms with E-state index in [0.29, 0.717) is 11.8 Å². The first-order valence-corrected chi connectivity index (χ1v) is 6.91. The molecule has 0 spiro atoms. The highest BCUT2D eigenvalue weighted by Crippen LogP contribution is 2.26. The summed E-state index contributed by atoms with van der Waals surface area (Å²) in [6.07, 6.45) is 4.96.